The van der Waals surface area contributed by atoms with Gasteiger partial charge in [-0.05, 0) is 0 Å². The monoisotopic (exact) mass is 251 g/mol. The summed E-state index contributed by atoms with van der Waals surface area (Å²) in [5.41, 5.74) is 5.22. The lowest BCUT2D eigenvalue weighted by Gasteiger charge is -2.13. The first-order valence-corrected chi connectivity index (χ1v) is 5.33. The molecule has 2 atom stereocenters. The van der Waals surface area contributed by atoms with Crippen molar-refractivity contribution in [2.45, 2.75) is 17.7 Å². The van der Waals surface area contributed by atoms with Crippen molar-refractivity contribution in [2.75, 3.05) is 12.9 Å². The molecule has 0 rings (SSSR count). The summed E-state index contributed by atoms with van der Waals surface area (Å²) in [6.07, 6.45) is -0.427. The first-order chi connectivity index (χ1) is 7.38. The number of rotatable bonds is 7. The Bertz CT molecular complexity index is 282. The summed E-state index contributed by atoms with van der Waals surface area (Å²) in [6.45, 7) is 0. The lowest BCUT2D eigenvalue weighted by atomic mass is 10.3. The average Bonchev–Trinajstić information content (AvgIpc) is 2.21. The molecule has 92 valence electrons. The molecular weight excluding hydrogens is 238 g/mol. The zero-order valence-electron chi connectivity index (χ0n) is 8.58. The highest BCUT2D eigenvalue weighted by atomic mass is 32.2. The summed E-state index contributed by atoms with van der Waals surface area (Å²) >= 11 is 0.858. The lowest BCUT2D eigenvalue weighted by molar-refractivity contribution is -0.144. The van der Waals surface area contributed by atoms with Crippen LogP contribution < -0.4 is 5.73 Å². The number of esters is 1. The van der Waals surface area contributed by atoms with E-state index in [-0.39, 0.29) is 5.75 Å². The Morgan fingerprint density at radius 3 is 2.31 bits per heavy atom. The highest BCUT2D eigenvalue weighted by molar-refractivity contribution is 8.00. The molecule has 0 spiro atoms. The Labute approximate surface area is 95.9 Å². The fourth-order valence-electron chi connectivity index (χ4n) is 0.791. The molecule has 4 N–H and O–H groups in total. The van der Waals surface area contributed by atoms with Gasteiger partial charge in [0, 0.05) is 5.75 Å². The van der Waals surface area contributed by atoms with E-state index in [0.717, 1.165) is 18.9 Å². The summed E-state index contributed by atoms with van der Waals surface area (Å²) in [5, 5.41) is 16.1. The van der Waals surface area contributed by atoms with Crippen LogP contribution in [0, 0.1) is 0 Å². The maximum atomic E-state index is 11.1. The maximum absolute atomic E-state index is 11.1. The minimum absolute atomic E-state index is 0.0532. The molecule has 0 saturated heterocycles. The number of hydrogen-bond acceptors (Lipinski definition) is 6. The smallest absolute Gasteiger partial charge is 0.321 e. The molecule has 0 bridgehead atoms. The van der Waals surface area contributed by atoms with Gasteiger partial charge in [0.25, 0.3) is 0 Å². The number of carbonyl (C=O) groups excluding carboxylic acids is 1. The van der Waals surface area contributed by atoms with Crippen LogP contribution in [-0.2, 0) is 19.1 Å². The van der Waals surface area contributed by atoms with Crippen molar-refractivity contribution in [3.05, 3.63) is 0 Å². The van der Waals surface area contributed by atoms with Crippen molar-refractivity contribution >= 4 is 29.7 Å². The van der Waals surface area contributed by atoms with Gasteiger partial charge in [-0.3, -0.25) is 14.4 Å². The Balaban J connectivity index is 4.27. The number of ether oxygens (including phenoxy) is 1. The van der Waals surface area contributed by atoms with Crippen LogP contribution in [-0.4, -0.2) is 52.3 Å². The quantitative estimate of drug-likeness (QED) is 0.499. The number of carbonyl (C=O) groups is 3. The SMILES string of the molecule is COC(=O)C(CC(=O)O)SC[C@H](N)C(=O)O. The number of aliphatic carboxylic acids is 2. The van der Waals surface area contributed by atoms with Gasteiger partial charge in [0.15, 0.2) is 0 Å². The predicted octanol–water partition coefficient (Wildman–Crippen LogP) is -0.852. The van der Waals surface area contributed by atoms with Crippen molar-refractivity contribution in [1.29, 1.82) is 0 Å². The number of hydrogen-bond donors (Lipinski definition) is 3. The summed E-state index contributed by atoms with van der Waals surface area (Å²) in [4.78, 5) is 32.0. The summed E-state index contributed by atoms with van der Waals surface area (Å²) < 4.78 is 4.39. The van der Waals surface area contributed by atoms with Gasteiger partial charge in [-0.1, -0.05) is 0 Å². The van der Waals surface area contributed by atoms with E-state index in [1.165, 1.54) is 0 Å². The van der Waals surface area contributed by atoms with Crippen LogP contribution in [0.2, 0.25) is 0 Å². The normalized spacial score (nSPS) is 13.9. The Morgan fingerprint density at radius 2 is 1.94 bits per heavy atom. The summed E-state index contributed by atoms with van der Waals surface area (Å²) in [5.74, 6) is -3.12. The van der Waals surface area contributed by atoms with Crippen LogP contribution in [0.15, 0.2) is 0 Å². The fraction of sp³-hybridized carbons (Fsp3) is 0.625. The third-order valence-electron chi connectivity index (χ3n) is 1.62. The van der Waals surface area contributed by atoms with Gasteiger partial charge in [-0.15, -0.1) is 11.8 Å². The number of methoxy groups -OCH3 is 1. The highest BCUT2D eigenvalue weighted by Gasteiger charge is 2.25. The van der Waals surface area contributed by atoms with E-state index in [0.29, 0.717) is 0 Å². The Kier molecular flexibility index (Phi) is 6.50. The van der Waals surface area contributed by atoms with Gasteiger partial charge in [0.1, 0.15) is 11.3 Å². The Hall–Kier alpha value is -1.28. The zero-order valence-corrected chi connectivity index (χ0v) is 9.40. The van der Waals surface area contributed by atoms with E-state index in [2.05, 4.69) is 4.74 Å². The van der Waals surface area contributed by atoms with E-state index in [4.69, 9.17) is 15.9 Å². The second kappa shape index (κ2) is 7.07. The van der Waals surface area contributed by atoms with Gasteiger partial charge < -0.3 is 20.7 Å². The second-order valence-electron chi connectivity index (χ2n) is 2.89. The molecular formula is C8H13NO6S. The second-order valence-corrected chi connectivity index (χ2v) is 4.12. The minimum atomic E-state index is -1.20. The van der Waals surface area contributed by atoms with Gasteiger partial charge in [-0.25, -0.2) is 0 Å². The highest BCUT2D eigenvalue weighted by Crippen LogP contribution is 2.17. The van der Waals surface area contributed by atoms with Crippen molar-refractivity contribution in [2.24, 2.45) is 5.73 Å². The number of thioether (sulfide) groups is 1. The van der Waals surface area contributed by atoms with E-state index < -0.39 is 35.6 Å². The molecule has 0 aliphatic carbocycles. The number of nitrogens with two attached hydrogens (primary N) is 1. The van der Waals surface area contributed by atoms with E-state index >= 15 is 0 Å². The summed E-state index contributed by atoms with van der Waals surface area (Å²) in [6, 6.07) is -1.13. The zero-order chi connectivity index (χ0) is 12.7. The molecule has 0 aromatic heterocycles. The molecule has 0 aromatic carbocycles. The molecule has 1 unspecified atom stereocenters. The molecule has 0 saturated carbocycles. The standard InChI is InChI=1S/C8H13NO6S/c1-15-8(14)5(2-6(10)11)16-3-4(9)7(12)13/h4-5H,2-3,9H2,1H3,(H,10,11)(H,12,13)/t4-,5?/m0/s1. The molecule has 0 aliphatic rings. The van der Waals surface area contributed by atoms with Crippen molar-refractivity contribution in [3.63, 3.8) is 0 Å². The van der Waals surface area contributed by atoms with Crippen LogP contribution in [0.25, 0.3) is 0 Å². The average molecular weight is 251 g/mol. The van der Waals surface area contributed by atoms with Crippen LogP contribution in [0.3, 0.4) is 0 Å². The van der Waals surface area contributed by atoms with Crippen LogP contribution in [0.4, 0.5) is 0 Å². The molecule has 0 amide bonds. The molecule has 0 aromatic rings. The third kappa shape index (κ3) is 5.56. The molecule has 8 heteroatoms. The van der Waals surface area contributed by atoms with E-state index in [9.17, 15) is 14.4 Å². The predicted molar refractivity (Wildman–Crippen MR) is 56.1 cm³/mol. The molecule has 0 radical (unpaired) electrons. The van der Waals surface area contributed by atoms with Crippen LogP contribution >= 0.6 is 11.8 Å². The topological polar surface area (TPSA) is 127 Å². The van der Waals surface area contributed by atoms with Crippen molar-refractivity contribution in [1.82, 2.24) is 0 Å². The Morgan fingerprint density at radius 1 is 1.38 bits per heavy atom. The molecule has 0 fully saturated rings. The van der Waals surface area contributed by atoms with Crippen molar-refractivity contribution < 1.29 is 29.3 Å². The van der Waals surface area contributed by atoms with Crippen LogP contribution in [0.5, 0.6) is 0 Å². The molecule has 7 nitrogen and oxygen atoms in total. The fourth-order valence-corrected chi connectivity index (χ4v) is 1.87. The maximum Gasteiger partial charge on any atom is 0.321 e. The number of carboxylic acids is 2. The third-order valence-corrected chi connectivity index (χ3v) is 2.93. The largest absolute Gasteiger partial charge is 0.481 e. The minimum Gasteiger partial charge on any atom is -0.481 e. The van der Waals surface area contributed by atoms with Crippen LogP contribution in [0.1, 0.15) is 6.42 Å². The van der Waals surface area contributed by atoms with E-state index in [1.807, 2.05) is 0 Å². The molecule has 0 aliphatic heterocycles. The number of carboxylic acid groups (broad SMARTS) is 2. The first-order valence-electron chi connectivity index (χ1n) is 4.28. The van der Waals surface area contributed by atoms with Gasteiger partial charge in [0.2, 0.25) is 0 Å². The van der Waals surface area contributed by atoms with Gasteiger partial charge in [-0.2, -0.15) is 0 Å². The van der Waals surface area contributed by atoms with Gasteiger partial charge in [0.05, 0.1) is 13.5 Å². The molecule has 16 heavy (non-hydrogen) atoms. The first kappa shape index (κ1) is 14.7. The van der Waals surface area contributed by atoms with E-state index in [1.54, 1.807) is 0 Å². The van der Waals surface area contributed by atoms with Gasteiger partial charge >= 0.3 is 17.9 Å². The van der Waals surface area contributed by atoms with Crippen molar-refractivity contribution in [3.8, 4) is 0 Å². The summed E-state index contributed by atoms with van der Waals surface area (Å²) in [7, 11) is 1.13. The molecule has 0 heterocycles. The lowest BCUT2D eigenvalue weighted by Crippen LogP contribution is -2.34.